The first-order valence-electron chi connectivity index (χ1n) is 9.15. The molecule has 0 spiro atoms. The molecule has 6 nitrogen and oxygen atoms in total. The number of nitrogens with zero attached hydrogens (tertiary/aromatic N) is 1. The Balaban J connectivity index is 1.88. The molecule has 2 N–H and O–H groups in total. The predicted octanol–water partition coefficient (Wildman–Crippen LogP) is 1.69. The molecule has 7 heteroatoms. The molecule has 1 aromatic carbocycles. The van der Waals surface area contributed by atoms with Gasteiger partial charge in [0, 0.05) is 26.7 Å². The maximum atomic E-state index is 13.7. The molecular formula is C19H26FN3O3. The number of piperidine rings is 1. The van der Waals surface area contributed by atoms with Crippen LogP contribution in [0.4, 0.5) is 9.18 Å². The fourth-order valence-corrected chi connectivity index (χ4v) is 4.04. The van der Waals surface area contributed by atoms with Gasteiger partial charge in [0.05, 0.1) is 0 Å². The Hall–Kier alpha value is -1.99. The largest absolute Gasteiger partial charge is 0.385 e. The molecule has 2 fully saturated rings. The van der Waals surface area contributed by atoms with Gasteiger partial charge in [0.25, 0.3) is 5.91 Å². The van der Waals surface area contributed by atoms with E-state index in [0.29, 0.717) is 26.0 Å². The highest BCUT2D eigenvalue weighted by Gasteiger charge is 2.55. The molecule has 0 bridgehead atoms. The van der Waals surface area contributed by atoms with E-state index in [-0.39, 0.29) is 23.7 Å². The summed E-state index contributed by atoms with van der Waals surface area (Å²) < 4.78 is 18.7. The summed E-state index contributed by atoms with van der Waals surface area (Å²) in [5.74, 6) is -0.512. The average molecular weight is 363 g/mol. The van der Waals surface area contributed by atoms with E-state index in [1.807, 2.05) is 0 Å². The zero-order chi connectivity index (χ0) is 18.6. The van der Waals surface area contributed by atoms with Gasteiger partial charge >= 0.3 is 6.03 Å². The smallest absolute Gasteiger partial charge is 0.325 e. The van der Waals surface area contributed by atoms with Crippen molar-refractivity contribution < 1.29 is 18.7 Å². The fraction of sp³-hybridized carbons (Fsp3) is 0.579. The topological polar surface area (TPSA) is 70.7 Å². The highest BCUT2D eigenvalue weighted by Crippen LogP contribution is 2.35. The molecule has 0 saturated carbocycles. The van der Waals surface area contributed by atoms with E-state index in [4.69, 9.17) is 4.74 Å². The van der Waals surface area contributed by atoms with Gasteiger partial charge in [0.1, 0.15) is 11.4 Å². The second-order valence-electron chi connectivity index (χ2n) is 7.04. The first kappa shape index (κ1) is 18.8. The average Bonchev–Trinajstić information content (AvgIpc) is 2.87. The normalized spacial score (nSPS) is 24.2. The lowest BCUT2D eigenvalue weighted by Crippen LogP contribution is -2.57. The highest BCUT2D eigenvalue weighted by atomic mass is 19.1. The minimum absolute atomic E-state index is 0.0240. The van der Waals surface area contributed by atoms with Crippen LogP contribution < -0.4 is 10.6 Å². The first-order valence-corrected chi connectivity index (χ1v) is 9.15. The van der Waals surface area contributed by atoms with E-state index in [1.54, 1.807) is 19.2 Å². The molecular weight excluding hydrogens is 337 g/mol. The summed E-state index contributed by atoms with van der Waals surface area (Å²) in [5, 5.41) is 6.27. The van der Waals surface area contributed by atoms with Crippen LogP contribution >= 0.6 is 0 Å². The van der Waals surface area contributed by atoms with E-state index in [9.17, 15) is 14.0 Å². The van der Waals surface area contributed by atoms with Crippen LogP contribution in [0.3, 0.4) is 0 Å². The lowest BCUT2D eigenvalue weighted by atomic mass is 9.74. The summed E-state index contributed by atoms with van der Waals surface area (Å²) in [5.41, 5.74) is -0.282. The number of ether oxygens (including phenoxy) is 1. The van der Waals surface area contributed by atoms with Crippen LogP contribution in [-0.4, -0.2) is 55.7 Å². The number of amides is 3. The Morgan fingerprint density at radius 3 is 2.77 bits per heavy atom. The minimum atomic E-state index is -1.000. The number of urea groups is 1. The third-order valence-corrected chi connectivity index (χ3v) is 5.34. The van der Waals surface area contributed by atoms with Crippen molar-refractivity contribution in [2.45, 2.75) is 31.2 Å². The molecule has 2 aliphatic rings. The fourth-order valence-electron chi connectivity index (χ4n) is 4.04. The number of rotatable bonds is 7. The van der Waals surface area contributed by atoms with E-state index < -0.39 is 5.54 Å². The standard InChI is InChI=1S/C19H26FN3O3/c1-26-11-3-10-23-17(24)19(22-18(23)25,15-6-8-21-9-7-15)13-14-4-2-5-16(20)12-14/h2,4-5,12,15,21H,3,6-11,13H2,1H3,(H,22,25). The molecule has 2 saturated heterocycles. The number of methoxy groups -OCH3 is 1. The lowest BCUT2D eigenvalue weighted by Gasteiger charge is -2.38. The van der Waals surface area contributed by atoms with Crippen LogP contribution in [0.1, 0.15) is 24.8 Å². The van der Waals surface area contributed by atoms with Crippen molar-refractivity contribution in [2.75, 3.05) is 33.4 Å². The number of nitrogens with one attached hydrogen (secondary N) is 2. The Labute approximate surface area is 153 Å². The molecule has 1 unspecified atom stereocenters. The van der Waals surface area contributed by atoms with E-state index in [1.165, 1.54) is 17.0 Å². The molecule has 26 heavy (non-hydrogen) atoms. The van der Waals surface area contributed by atoms with Crippen molar-refractivity contribution >= 4 is 11.9 Å². The lowest BCUT2D eigenvalue weighted by molar-refractivity contribution is -0.133. The molecule has 0 radical (unpaired) electrons. The number of imide groups is 1. The predicted molar refractivity (Wildman–Crippen MR) is 95.2 cm³/mol. The van der Waals surface area contributed by atoms with Crippen molar-refractivity contribution in [3.63, 3.8) is 0 Å². The van der Waals surface area contributed by atoms with Crippen molar-refractivity contribution in [1.82, 2.24) is 15.5 Å². The number of hydrogen-bond donors (Lipinski definition) is 2. The molecule has 2 heterocycles. The maximum absolute atomic E-state index is 13.7. The summed E-state index contributed by atoms with van der Waals surface area (Å²) in [6.45, 7) is 2.43. The SMILES string of the molecule is COCCCN1C(=O)NC(Cc2cccc(F)c2)(C2CCNCC2)C1=O. The summed E-state index contributed by atoms with van der Waals surface area (Å²) in [6, 6.07) is 5.90. The van der Waals surface area contributed by atoms with Crippen LogP contribution in [0.5, 0.6) is 0 Å². The van der Waals surface area contributed by atoms with Crippen LogP contribution in [0.25, 0.3) is 0 Å². The van der Waals surface area contributed by atoms with Gasteiger partial charge in [-0.3, -0.25) is 9.69 Å². The van der Waals surface area contributed by atoms with Gasteiger partial charge in [-0.2, -0.15) is 0 Å². The molecule has 142 valence electrons. The monoisotopic (exact) mass is 363 g/mol. The zero-order valence-electron chi connectivity index (χ0n) is 15.1. The molecule has 3 amide bonds. The van der Waals surface area contributed by atoms with E-state index in [2.05, 4.69) is 10.6 Å². The number of halogens is 1. The van der Waals surface area contributed by atoms with Crippen LogP contribution in [0.15, 0.2) is 24.3 Å². The number of carbonyl (C=O) groups is 2. The van der Waals surface area contributed by atoms with Gasteiger partial charge in [-0.1, -0.05) is 12.1 Å². The molecule has 0 aromatic heterocycles. The van der Waals surface area contributed by atoms with Gasteiger partial charge in [-0.15, -0.1) is 0 Å². The maximum Gasteiger partial charge on any atom is 0.325 e. The van der Waals surface area contributed by atoms with Crippen molar-refractivity contribution in [1.29, 1.82) is 0 Å². The van der Waals surface area contributed by atoms with Crippen LogP contribution in [-0.2, 0) is 16.0 Å². The summed E-state index contributed by atoms with van der Waals surface area (Å²) >= 11 is 0. The van der Waals surface area contributed by atoms with Crippen molar-refractivity contribution in [3.05, 3.63) is 35.6 Å². The van der Waals surface area contributed by atoms with Gasteiger partial charge in [-0.05, 0) is 56.0 Å². The molecule has 1 aromatic rings. The van der Waals surface area contributed by atoms with Crippen LogP contribution in [0.2, 0.25) is 0 Å². The third-order valence-electron chi connectivity index (χ3n) is 5.34. The second-order valence-corrected chi connectivity index (χ2v) is 7.04. The quantitative estimate of drug-likeness (QED) is 0.571. The van der Waals surface area contributed by atoms with Crippen molar-refractivity contribution in [3.8, 4) is 0 Å². The Morgan fingerprint density at radius 2 is 2.08 bits per heavy atom. The minimum Gasteiger partial charge on any atom is -0.385 e. The summed E-state index contributed by atoms with van der Waals surface area (Å²) in [4.78, 5) is 27.2. The van der Waals surface area contributed by atoms with Gasteiger partial charge in [0.2, 0.25) is 0 Å². The van der Waals surface area contributed by atoms with Gasteiger partial charge in [0.15, 0.2) is 0 Å². The Morgan fingerprint density at radius 1 is 1.31 bits per heavy atom. The third kappa shape index (κ3) is 3.73. The molecule has 0 aliphatic carbocycles. The number of carbonyl (C=O) groups excluding carboxylic acids is 2. The van der Waals surface area contributed by atoms with Crippen LogP contribution in [0, 0.1) is 11.7 Å². The first-order chi connectivity index (χ1) is 12.6. The van der Waals surface area contributed by atoms with Crippen molar-refractivity contribution in [2.24, 2.45) is 5.92 Å². The number of hydrogen-bond acceptors (Lipinski definition) is 4. The molecule has 3 rings (SSSR count). The number of benzene rings is 1. The summed E-state index contributed by atoms with van der Waals surface area (Å²) in [7, 11) is 1.59. The highest BCUT2D eigenvalue weighted by molar-refractivity contribution is 6.07. The second kappa shape index (κ2) is 8.14. The zero-order valence-corrected chi connectivity index (χ0v) is 15.1. The van der Waals surface area contributed by atoms with E-state index >= 15 is 0 Å². The van der Waals surface area contributed by atoms with Gasteiger partial charge in [-0.25, -0.2) is 9.18 Å². The Kier molecular flexibility index (Phi) is 5.88. The summed E-state index contributed by atoms with van der Waals surface area (Å²) in [6.07, 6.45) is 2.50. The Bertz CT molecular complexity index is 663. The molecule has 1 atom stereocenters. The van der Waals surface area contributed by atoms with Gasteiger partial charge < -0.3 is 15.4 Å². The molecule has 2 aliphatic heterocycles. The van der Waals surface area contributed by atoms with E-state index in [0.717, 1.165) is 31.5 Å².